The van der Waals surface area contributed by atoms with Crippen molar-refractivity contribution in [2.45, 2.75) is 58.3 Å². The summed E-state index contributed by atoms with van der Waals surface area (Å²) in [5.74, 6) is 1.89. The average molecular weight is 319 g/mol. The van der Waals surface area contributed by atoms with Crippen molar-refractivity contribution in [2.24, 2.45) is 11.8 Å². The molecule has 1 aromatic carbocycles. The van der Waals surface area contributed by atoms with Gasteiger partial charge in [-0.2, -0.15) is 0 Å². The van der Waals surface area contributed by atoms with Crippen LogP contribution in [0.2, 0.25) is 0 Å². The molecule has 0 amide bonds. The average Bonchev–Trinajstić information content (AvgIpc) is 2.58. The van der Waals surface area contributed by atoms with E-state index in [1.807, 2.05) is 0 Å². The van der Waals surface area contributed by atoms with E-state index in [1.54, 1.807) is 7.11 Å². The molecule has 0 aromatic heterocycles. The van der Waals surface area contributed by atoms with Crippen LogP contribution in [0.1, 0.15) is 56.1 Å². The first-order valence-corrected chi connectivity index (χ1v) is 9.40. The van der Waals surface area contributed by atoms with Gasteiger partial charge in [0.25, 0.3) is 0 Å². The molecule has 2 rings (SSSR count). The molecular formula is C21H34O2. The molecule has 0 unspecified atom stereocenters. The Morgan fingerprint density at radius 1 is 0.870 bits per heavy atom. The van der Waals surface area contributed by atoms with Crippen LogP contribution >= 0.6 is 0 Å². The van der Waals surface area contributed by atoms with Gasteiger partial charge in [-0.05, 0) is 50.0 Å². The summed E-state index contributed by atoms with van der Waals surface area (Å²) in [6, 6.07) is 9.07. The Bertz CT molecular complexity index is 404. The quantitative estimate of drug-likeness (QED) is 0.554. The highest BCUT2D eigenvalue weighted by Gasteiger charge is 2.20. The second-order valence-corrected chi connectivity index (χ2v) is 7.16. The summed E-state index contributed by atoms with van der Waals surface area (Å²) in [5, 5.41) is 0. The zero-order valence-electron chi connectivity index (χ0n) is 15.1. The molecule has 0 spiro atoms. The molecule has 2 nitrogen and oxygen atoms in total. The molecule has 1 fully saturated rings. The normalized spacial score (nSPS) is 21.5. The molecule has 1 aliphatic carbocycles. The molecule has 1 saturated carbocycles. The maximum Gasteiger partial charge on any atom is 0.0700 e. The fourth-order valence-electron chi connectivity index (χ4n) is 3.65. The Labute approximate surface area is 142 Å². The molecule has 0 N–H and O–H groups in total. The number of benzene rings is 1. The number of ether oxygens (including phenoxy) is 2. The predicted octanol–water partition coefficient (Wildman–Crippen LogP) is 5.18. The summed E-state index contributed by atoms with van der Waals surface area (Å²) in [7, 11) is 1.72. The standard InChI is InChI=1S/C21H34O2/c1-18-5-7-20(8-6-18)13-14-21-11-9-19(10-12-21)4-3-15-23-17-16-22-2/h5-8,19,21H,3-4,9-17H2,1-2H3. The van der Waals surface area contributed by atoms with Gasteiger partial charge in [0.2, 0.25) is 0 Å². The summed E-state index contributed by atoms with van der Waals surface area (Å²) < 4.78 is 10.5. The second-order valence-electron chi connectivity index (χ2n) is 7.16. The molecular weight excluding hydrogens is 284 g/mol. The molecule has 0 aliphatic heterocycles. The van der Waals surface area contributed by atoms with Crippen molar-refractivity contribution in [3.05, 3.63) is 35.4 Å². The van der Waals surface area contributed by atoms with Gasteiger partial charge in [0.15, 0.2) is 0 Å². The minimum atomic E-state index is 0.714. The van der Waals surface area contributed by atoms with E-state index < -0.39 is 0 Å². The second kappa shape index (κ2) is 10.8. The van der Waals surface area contributed by atoms with Crippen molar-refractivity contribution in [1.82, 2.24) is 0 Å². The van der Waals surface area contributed by atoms with Crippen LogP contribution in [0.5, 0.6) is 0 Å². The van der Waals surface area contributed by atoms with Crippen LogP contribution in [0.25, 0.3) is 0 Å². The Morgan fingerprint density at radius 3 is 2.17 bits per heavy atom. The minimum Gasteiger partial charge on any atom is -0.382 e. The lowest BCUT2D eigenvalue weighted by atomic mass is 9.78. The van der Waals surface area contributed by atoms with Gasteiger partial charge in [-0.25, -0.2) is 0 Å². The van der Waals surface area contributed by atoms with Gasteiger partial charge >= 0.3 is 0 Å². The predicted molar refractivity (Wildman–Crippen MR) is 96.9 cm³/mol. The lowest BCUT2D eigenvalue weighted by molar-refractivity contribution is 0.0660. The van der Waals surface area contributed by atoms with Gasteiger partial charge in [0, 0.05) is 13.7 Å². The number of rotatable bonds is 10. The lowest BCUT2D eigenvalue weighted by Gasteiger charge is -2.28. The van der Waals surface area contributed by atoms with Gasteiger partial charge < -0.3 is 9.47 Å². The number of hydrogen-bond acceptors (Lipinski definition) is 2. The van der Waals surface area contributed by atoms with Crippen LogP contribution in [0.3, 0.4) is 0 Å². The van der Waals surface area contributed by atoms with E-state index in [-0.39, 0.29) is 0 Å². The lowest BCUT2D eigenvalue weighted by Crippen LogP contribution is -2.16. The summed E-state index contributed by atoms with van der Waals surface area (Å²) >= 11 is 0. The van der Waals surface area contributed by atoms with Gasteiger partial charge in [-0.3, -0.25) is 0 Å². The van der Waals surface area contributed by atoms with Crippen molar-refractivity contribution in [1.29, 1.82) is 0 Å². The van der Waals surface area contributed by atoms with Crippen LogP contribution in [0.15, 0.2) is 24.3 Å². The highest BCUT2D eigenvalue weighted by Crippen LogP contribution is 2.33. The smallest absolute Gasteiger partial charge is 0.0700 e. The van der Waals surface area contributed by atoms with Crippen LogP contribution in [0, 0.1) is 18.8 Å². The van der Waals surface area contributed by atoms with Crippen LogP contribution < -0.4 is 0 Å². The first kappa shape index (κ1) is 18.5. The Hall–Kier alpha value is -0.860. The molecule has 1 aliphatic rings. The van der Waals surface area contributed by atoms with E-state index in [9.17, 15) is 0 Å². The fourth-order valence-corrected chi connectivity index (χ4v) is 3.65. The molecule has 1 aromatic rings. The van der Waals surface area contributed by atoms with E-state index in [4.69, 9.17) is 9.47 Å². The third-order valence-corrected chi connectivity index (χ3v) is 5.26. The van der Waals surface area contributed by atoms with E-state index in [1.165, 1.54) is 62.5 Å². The number of hydrogen-bond donors (Lipinski definition) is 0. The van der Waals surface area contributed by atoms with E-state index in [2.05, 4.69) is 31.2 Å². The fraction of sp³-hybridized carbons (Fsp3) is 0.714. The molecule has 0 bridgehead atoms. The third kappa shape index (κ3) is 7.50. The van der Waals surface area contributed by atoms with E-state index in [0.29, 0.717) is 6.61 Å². The molecule has 23 heavy (non-hydrogen) atoms. The monoisotopic (exact) mass is 318 g/mol. The number of methoxy groups -OCH3 is 1. The maximum absolute atomic E-state index is 5.56. The first-order valence-electron chi connectivity index (χ1n) is 9.40. The summed E-state index contributed by atoms with van der Waals surface area (Å²) in [4.78, 5) is 0. The third-order valence-electron chi connectivity index (χ3n) is 5.26. The molecule has 0 saturated heterocycles. The summed E-state index contributed by atoms with van der Waals surface area (Å²) in [5.41, 5.74) is 2.87. The molecule has 2 heteroatoms. The first-order chi connectivity index (χ1) is 11.3. The minimum absolute atomic E-state index is 0.714. The Kier molecular flexibility index (Phi) is 8.70. The van der Waals surface area contributed by atoms with Crippen molar-refractivity contribution >= 4 is 0 Å². The van der Waals surface area contributed by atoms with Crippen molar-refractivity contribution in [3.8, 4) is 0 Å². The zero-order chi connectivity index (χ0) is 16.3. The van der Waals surface area contributed by atoms with Crippen molar-refractivity contribution < 1.29 is 9.47 Å². The summed E-state index contributed by atoms with van der Waals surface area (Å²) in [6.07, 6.45) is 10.9. The van der Waals surface area contributed by atoms with E-state index in [0.717, 1.165) is 25.0 Å². The van der Waals surface area contributed by atoms with Gasteiger partial charge in [-0.15, -0.1) is 0 Å². The van der Waals surface area contributed by atoms with Gasteiger partial charge in [-0.1, -0.05) is 55.5 Å². The number of aryl methyl sites for hydroxylation is 2. The largest absolute Gasteiger partial charge is 0.382 e. The zero-order valence-corrected chi connectivity index (χ0v) is 15.1. The Morgan fingerprint density at radius 2 is 1.52 bits per heavy atom. The topological polar surface area (TPSA) is 18.5 Å². The Balaban J connectivity index is 1.52. The van der Waals surface area contributed by atoms with E-state index >= 15 is 0 Å². The molecule has 0 heterocycles. The molecule has 0 atom stereocenters. The maximum atomic E-state index is 5.56. The SMILES string of the molecule is COCCOCCCC1CCC(CCc2ccc(C)cc2)CC1. The van der Waals surface area contributed by atoms with Gasteiger partial charge in [0.05, 0.1) is 13.2 Å². The van der Waals surface area contributed by atoms with Crippen LogP contribution in [-0.2, 0) is 15.9 Å². The highest BCUT2D eigenvalue weighted by molar-refractivity contribution is 5.21. The summed E-state index contributed by atoms with van der Waals surface area (Å²) in [6.45, 7) is 4.51. The molecule has 0 radical (unpaired) electrons. The molecule has 130 valence electrons. The van der Waals surface area contributed by atoms with Crippen molar-refractivity contribution in [2.75, 3.05) is 26.9 Å². The van der Waals surface area contributed by atoms with Crippen molar-refractivity contribution in [3.63, 3.8) is 0 Å². The van der Waals surface area contributed by atoms with Crippen LogP contribution in [-0.4, -0.2) is 26.9 Å². The van der Waals surface area contributed by atoms with Crippen LogP contribution in [0.4, 0.5) is 0 Å². The highest BCUT2D eigenvalue weighted by atomic mass is 16.5. The van der Waals surface area contributed by atoms with Gasteiger partial charge in [0.1, 0.15) is 0 Å².